The van der Waals surface area contributed by atoms with Crippen LogP contribution in [0.2, 0.25) is 0 Å². The fourth-order valence-corrected chi connectivity index (χ4v) is 2.47. The molecule has 20 heavy (non-hydrogen) atoms. The average Bonchev–Trinajstić information content (AvgIpc) is 2.49. The van der Waals surface area contributed by atoms with Crippen molar-refractivity contribution in [2.24, 2.45) is 0 Å². The van der Waals surface area contributed by atoms with Gasteiger partial charge in [0.05, 0.1) is 24.2 Å². The van der Waals surface area contributed by atoms with Gasteiger partial charge < -0.3 is 10.5 Å². The van der Waals surface area contributed by atoms with Crippen molar-refractivity contribution in [3.8, 4) is 0 Å². The van der Waals surface area contributed by atoms with Gasteiger partial charge in [-0.2, -0.15) is 0 Å². The number of nitrogens with two attached hydrogens (primary N) is 1. The van der Waals surface area contributed by atoms with E-state index < -0.39 is 0 Å². The molecule has 5 heteroatoms. The number of aromatic nitrogens is 2. The number of anilines is 1. The molecular formula is C15H18N4O. The number of morpholine rings is 1. The Labute approximate surface area is 118 Å². The Hall–Kier alpha value is -1.98. The van der Waals surface area contributed by atoms with Crippen LogP contribution in [-0.4, -0.2) is 34.6 Å². The molecule has 1 aromatic heterocycles. The van der Waals surface area contributed by atoms with Gasteiger partial charge in [0.2, 0.25) is 0 Å². The van der Waals surface area contributed by atoms with Gasteiger partial charge >= 0.3 is 0 Å². The van der Waals surface area contributed by atoms with Gasteiger partial charge in [0.25, 0.3) is 0 Å². The zero-order chi connectivity index (χ0) is 13.8. The highest BCUT2D eigenvalue weighted by molar-refractivity contribution is 5.41. The van der Waals surface area contributed by atoms with Gasteiger partial charge in [-0.15, -0.1) is 0 Å². The van der Waals surface area contributed by atoms with Crippen LogP contribution in [0, 0.1) is 0 Å². The minimum atomic E-state index is -0.0736. The van der Waals surface area contributed by atoms with E-state index in [-0.39, 0.29) is 6.10 Å². The molecule has 1 aromatic carbocycles. The van der Waals surface area contributed by atoms with Gasteiger partial charge in [-0.3, -0.25) is 4.90 Å². The third-order valence-electron chi connectivity index (χ3n) is 3.48. The summed E-state index contributed by atoms with van der Waals surface area (Å²) < 4.78 is 5.80. The predicted octanol–water partition coefficient (Wildman–Crippen LogP) is 1.63. The first-order valence-corrected chi connectivity index (χ1v) is 6.76. The Balaban J connectivity index is 1.69. The molecule has 0 bridgehead atoms. The van der Waals surface area contributed by atoms with Gasteiger partial charge in [0.1, 0.15) is 12.4 Å². The third kappa shape index (κ3) is 2.95. The van der Waals surface area contributed by atoms with E-state index >= 15 is 0 Å². The maximum Gasteiger partial charge on any atom is 0.115 e. The van der Waals surface area contributed by atoms with Crippen molar-refractivity contribution in [2.75, 3.05) is 25.4 Å². The lowest BCUT2D eigenvalue weighted by Gasteiger charge is -2.32. The van der Waals surface area contributed by atoms with Crippen molar-refractivity contribution < 1.29 is 4.74 Å². The molecule has 1 aliphatic heterocycles. The second-order valence-electron chi connectivity index (χ2n) is 4.94. The Morgan fingerprint density at radius 1 is 1.30 bits per heavy atom. The van der Waals surface area contributed by atoms with Crippen LogP contribution in [0.25, 0.3) is 0 Å². The fourth-order valence-electron chi connectivity index (χ4n) is 2.47. The minimum absolute atomic E-state index is 0.0736. The first kappa shape index (κ1) is 13.0. The zero-order valence-electron chi connectivity index (χ0n) is 11.3. The molecule has 1 atom stereocenters. The molecule has 5 nitrogen and oxygen atoms in total. The largest absolute Gasteiger partial charge is 0.396 e. The number of hydrogen-bond donors (Lipinski definition) is 1. The summed E-state index contributed by atoms with van der Waals surface area (Å²) in [4.78, 5) is 10.5. The molecule has 2 heterocycles. The smallest absolute Gasteiger partial charge is 0.115 e. The summed E-state index contributed by atoms with van der Waals surface area (Å²) in [6, 6.07) is 10.4. The van der Waals surface area contributed by atoms with Crippen molar-refractivity contribution in [1.29, 1.82) is 0 Å². The van der Waals surface area contributed by atoms with E-state index in [9.17, 15) is 0 Å². The highest BCUT2D eigenvalue weighted by Crippen LogP contribution is 2.24. The molecule has 1 fully saturated rings. The Kier molecular flexibility index (Phi) is 3.90. The van der Waals surface area contributed by atoms with Crippen molar-refractivity contribution >= 4 is 5.69 Å². The number of benzene rings is 1. The maximum absolute atomic E-state index is 5.93. The molecular weight excluding hydrogens is 252 g/mol. The van der Waals surface area contributed by atoms with E-state index in [0.717, 1.165) is 25.3 Å². The highest BCUT2D eigenvalue weighted by atomic mass is 16.5. The second kappa shape index (κ2) is 5.98. The van der Waals surface area contributed by atoms with Gasteiger partial charge in [0, 0.05) is 19.6 Å². The lowest BCUT2D eigenvalue weighted by Crippen LogP contribution is -2.38. The summed E-state index contributed by atoms with van der Waals surface area (Å²) in [5, 5.41) is 0. The van der Waals surface area contributed by atoms with Gasteiger partial charge in [-0.1, -0.05) is 30.3 Å². The standard InChI is InChI=1S/C15H18N4O/c16-13-8-17-11-18-15(13)14-10-19(6-7-20-14)9-12-4-2-1-3-5-12/h1-5,8,11,14H,6-7,9-10,16H2. The fraction of sp³-hybridized carbons (Fsp3) is 0.333. The van der Waals surface area contributed by atoms with E-state index in [0.29, 0.717) is 12.3 Å². The van der Waals surface area contributed by atoms with Gasteiger partial charge in [0.15, 0.2) is 0 Å². The normalized spacial score (nSPS) is 19.9. The van der Waals surface area contributed by atoms with Crippen LogP contribution in [0.1, 0.15) is 17.4 Å². The van der Waals surface area contributed by atoms with Gasteiger partial charge in [-0.25, -0.2) is 9.97 Å². The molecule has 3 rings (SSSR count). The third-order valence-corrected chi connectivity index (χ3v) is 3.48. The van der Waals surface area contributed by atoms with Crippen LogP contribution in [-0.2, 0) is 11.3 Å². The molecule has 0 spiro atoms. The summed E-state index contributed by atoms with van der Waals surface area (Å²) in [6.45, 7) is 3.35. The van der Waals surface area contributed by atoms with Crippen LogP contribution in [0.5, 0.6) is 0 Å². The van der Waals surface area contributed by atoms with E-state index in [2.05, 4.69) is 39.1 Å². The quantitative estimate of drug-likeness (QED) is 0.918. The molecule has 104 valence electrons. The molecule has 1 aliphatic rings. The lowest BCUT2D eigenvalue weighted by molar-refractivity contribution is -0.0346. The minimum Gasteiger partial charge on any atom is -0.396 e. The molecule has 1 unspecified atom stereocenters. The monoisotopic (exact) mass is 270 g/mol. The zero-order valence-corrected chi connectivity index (χ0v) is 11.3. The SMILES string of the molecule is Nc1cncnc1C1CN(Cc2ccccc2)CCO1. The van der Waals surface area contributed by atoms with E-state index in [1.54, 1.807) is 6.20 Å². The summed E-state index contributed by atoms with van der Waals surface area (Å²) in [7, 11) is 0. The first-order valence-electron chi connectivity index (χ1n) is 6.76. The van der Waals surface area contributed by atoms with Crippen LogP contribution in [0.15, 0.2) is 42.9 Å². The van der Waals surface area contributed by atoms with Crippen molar-refractivity contribution in [3.05, 3.63) is 54.1 Å². The van der Waals surface area contributed by atoms with Crippen LogP contribution >= 0.6 is 0 Å². The number of ether oxygens (including phenoxy) is 1. The number of nitrogens with zero attached hydrogens (tertiary/aromatic N) is 3. The first-order chi connectivity index (χ1) is 9.83. The van der Waals surface area contributed by atoms with E-state index in [4.69, 9.17) is 10.5 Å². The average molecular weight is 270 g/mol. The number of hydrogen-bond acceptors (Lipinski definition) is 5. The Morgan fingerprint density at radius 3 is 2.95 bits per heavy atom. The summed E-state index contributed by atoms with van der Waals surface area (Å²) in [5.41, 5.74) is 8.62. The summed E-state index contributed by atoms with van der Waals surface area (Å²) in [5.74, 6) is 0. The Bertz CT molecular complexity index is 561. The molecule has 0 aliphatic carbocycles. The summed E-state index contributed by atoms with van der Waals surface area (Å²) in [6.07, 6.45) is 3.07. The van der Waals surface area contributed by atoms with Crippen LogP contribution < -0.4 is 5.73 Å². The van der Waals surface area contributed by atoms with Crippen LogP contribution in [0.3, 0.4) is 0 Å². The molecule has 1 saturated heterocycles. The highest BCUT2D eigenvalue weighted by Gasteiger charge is 2.24. The maximum atomic E-state index is 5.93. The topological polar surface area (TPSA) is 64.3 Å². The molecule has 0 radical (unpaired) electrons. The second-order valence-corrected chi connectivity index (χ2v) is 4.94. The number of rotatable bonds is 3. The van der Waals surface area contributed by atoms with Crippen molar-refractivity contribution in [1.82, 2.24) is 14.9 Å². The van der Waals surface area contributed by atoms with Crippen LogP contribution in [0.4, 0.5) is 5.69 Å². The van der Waals surface area contributed by atoms with Crippen molar-refractivity contribution in [3.63, 3.8) is 0 Å². The molecule has 0 amide bonds. The summed E-state index contributed by atoms with van der Waals surface area (Å²) >= 11 is 0. The molecule has 2 N–H and O–H groups in total. The lowest BCUT2D eigenvalue weighted by atomic mass is 10.1. The molecule has 0 saturated carbocycles. The molecule has 2 aromatic rings. The number of nitrogen functional groups attached to an aromatic ring is 1. The van der Waals surface area contributed by atoms with Gasteiger partial charge in [-0.05, 0) is 5.56 Å². The van der Waals surface area contributed by atoms with Crippen molar-refractivity contribution in [2.45, 2.75) is 12.6 Å². The Morgan fingerprint density at radius 2 is 2.15 bits per heavy atom. The van der Waals surface area contributed by atoms with E-state index in [1.807, 2.05) is 6.07 Å². The predicted molar refractivity (Wildman–Crippen MR) is 76.9 cm³/mol. The van der Waals surface area contributed by atoms with E-state index in [1.165, 1.54) is 11.9 Å².